The maximum atomic E-state index is 12.0. The van der Waals surface area contributed by atoms with E-state index in [0.29, 0.717) is 6.54 Å². The first-order valence-electron chi connectivity index (χ1n) is 7.83. The molecule has 4 heteroatoms. The average Bonchev–Trinajstić information content (AvgIpc) is 2.53. The Morgan fingerprint density at radius 3 is 2.55 bits per heavy atom. The zero-order chi connectivity index (χ0) is 16.0. The lowest BCUT2D eigenvalue weighted by Crippen LogP contribution is -2.55. The van der Waals surface area contributed by atoms with Gasteiger partial charge in [-0.3, -0.25) is 9.69 Å². The summed E-state index contributed by atoms with van der Waals surface area (Å²) in [6, 6.07) is 8.10. The summed E-state index contributed by atoms with van der Waals surface area (Å²) < 4.78 is 5.38. The lowest BCUT2D eigenvalue weighted by molar-refractivity contribution is -0.117. The smallest absolute Gasteiger partial charge is 0.244 e. The molecule has 0 atom stereocenters. The van der Waals surface area contributed by atoms with Crippen LogP contribution in [0.4, 0.5) is 0 Å². The van der Waals surface area contributed by atoms with Crippen LogP contribution in [0.1, 0.15) is 25.0 Å². The van der Waals surface area contributed by atoms with Crippen molar-refractivity contribution in [1.29, 1.82) is 0 Å². The summed E-state index contributed by atoms with van der Waals surface area (Å²) in [5.41, 5.74) is 2.19. The van der Waals surface area contributed by atoms with Crippen molar-refractivity contribution in [3.05, 3.63) is 41.5 Å². The van der Waals surface area contributed by atoms with Gasteiger partial charge in [0.25, 0.3) is 0 Å². The van der Waals surface area contributed by atoms with E-state index in [0.717, 1.165) is 31.9 Å². The van der Waals surface area contributed by atoms with Gasteiger partial charge in [0, 0.05) is 31.2 Å². The lowest BCUT2D eigenvalue weighted by atomic mass is 10.0. The number of carbonyl (C=O) groups excluding carboxylic acids is 1. The normalized spacial score (nSPS) is 16.9. The van der Waals surface area contributed by atoms with Crippen molar-refractivity contribution < 1.29 is 9.53 Å². The van der Waals surface area contributed by atoms with Crippen LogP contribution in [0.25, 0.3) is 6.08 Å². The standard InChI is InChI=1S/C18H26N2O2/c1-15-4-6-16(7-5-15)8-9-17(21)19-14-18(2,3)20-10-12-22-13-11-20/h4-9H,10-14H2,1-3H3,(H,19,21). The first kappa shape index (κ1) is 16.7. The van der Waals surface area contributed by atoms with Gasteiger partial charge in [0.15, 0.2) is 0 Å². The van der Waals surface area contributed by atoms with Gasteiger partial charge in [0.05, 0.1) is 13.2 Å². The van der Waals surface area contributed by atoms with E-state index in [1.165, 1.54) is 5.56 Å². The molecule has 120 valence electrons. The molecule has 0 unspecified atom stereocenters. The van der Waals surface area contributed by atoms with Crippen LogP contribution in [0.15, 0.2) is 30.3 Å². The van der Waals surface area contributed by atoms with Crippen LogP contribution >= 0.6 is 0 Å². The highest BCUT2D eigenvalue weighted by Crippen LogP contribution is 2.15. The molecule has 0 aliphatic carbocycles. The first-order chi connectivity index (χ1) is 10.5. The monoisotopic (exact) mass is 302 g/mol. The van der Waals surface area contributed by atoms with Gasteiger partial charge in [-0.1, -0.05) is 29.8 Å². The van der Waals surface area contributed by atoms with Gasteiger partial charge in [0.1, 0.15) is 0 Å². The summed E-state index contributed by atoms with van der Waals surface area (Å²) in [5.74, 6) is -0.0538. The van der Waals surface area contributed by atoms with Gasteiger partial charge in [-0.15, -0.1) is 0 Å². The Bertz CT molecular complexity index is 514. The Morgan fingerprint density at radius 1 is 1.27 bits per heavy atom. The third-order valence-corrected chi connectivity index (χ3v) is 4.07. The number of nitrogens with one attached hydrogen (secondary N) is 1. The molecule has 1 N–H and O–H groups in total. The Kier molecular flexibility index (Phi) is 5.75. The number of benzene rings is 1. The lowest BCUT2D eigenvalue weighted by Gasteiger charge is -2.40. The predicted octanol–water partition coefficient (Wildman–Crippen LogP) is 2.24. The van der Waals surface area contributed by atoms with Crippen molar-refractivity contribution in [3.8, 4) is 0 Å². The van der Waals surface area contributed by atoms with E-state index >= 15 is 0 Å². The number of carbonyl (C=O) groups is 1. The molecular weight excluding hydrogens is 276 g/mol. The molecule has 2 rings (SSSR count). The molecular formula is C18H26N2O2. The summed E-state index contributed by atoms with van der Waals surface area (Å²) in [4.78, 5) is 14.3. The number of morpholine rings is 1. The molecule has 4 nitrogen and oxygen atoms in total. The van der Waals surface area contributed by atoms with Crippen molar-refractivity contribution in [2.75, 3.05) is 32.8 Å². The molecule has 1 fully saturated rings. The zero-order valence-electron chi connectivity index (χ0n) is 13.8. The largest absolute Gasteiger partial charge is 0.379 e. The van der Waals surface area contributed by atoms with E-state index < -0.39 is 0 Å². The molecule has 0 spiro atoms. The molecule has 1 amide bonds. The summed E-state index contributed by atoms with van der Waals surface area (Å²) >= 11 is 0. The molecule has 1 heterocycles. The van der Waals surface area contributed by atoms with Gasteiger partial charge >= 0.3 is 0 Å². The van der Waals surface area contributed by atoms with E-state index in [9.17, 15) is 4.79 Å². The molecule has 0 aromatic heterocycles. The van der Waals surface area contributed by atoms with E-state index in [4.69, 9.17) is 4.74 Å². The van der Waals surface area contributed by atoms with Gasteiger partial charge in [-0.2, -0.15) is 0 Å². The van der Waals surface area contributed by atoms with Crippen LogP contribution in [-0.2, 0) is 9.53 Å². The number of nitrogens with zero attached hydrogens (tertiary/aromatic N) is 1. The number of ether oxygens (including phenoxy) is 1. The summed E-state index contributed by atoms with van der Waals surface area (Å²) in [6.45, 7) is 10.4. The molecule has 1 saturated heterocycles. The van der Waals surface area contributed by atoms with Crippen molar-refractivity contribution in [3.63, 3.8) is 0 Å². The molecule has 1 aromatic rings. The van der Waals surface area contributed by atoms with Crippen LogP contribution < -0.4 is 5.32 Å². The second-order valence-electron chi connectivity index (χ2n) is 6.37. The van der Waals surface area contributed by atoms with E-state index in [1.54, 1.807) is 6.08 Å². The molecule has 0 saturated carbocycles. The fourth-order valence-electron chi connectivity index (χ4n) is 2.49. The van der Waals surface area contributed by atoms with Gasteiger partial charge in [0.2, 0.25) is 5.91 Å². The van der Waals surface area contributed by atoms with E-state index in [1.807, 2.05) is 37.3 Å². The fraction of sp³-hybridized carbons (Fsp3) is 0.500. The highest BCUT2D eigenvalue weighted by molar-refractivity contribution is 5.91. The summed E-state index contributed by atoms with van der Waals surface area (Å²) in [6.07, 6.45) is 3.44. The fourth-order valence-corrected chi connectivity index (χ4v) is 2.49. The molecule has 0 bridgehead atoms. The maximum absolute atomic E-state index is 12.0. The molecule has 0 radical (unpaired) electrons. The molecule has 1 aromatic carbocycles. The highest BCUT2D eigenvalue weighted by atomic mass is 16.5. The third-order valence-electron chi connectivity index (χ3n) is 4.07. The topological polar surface area (TPSA) is 41.6 Å². The van der Waals surface area contributed by atoms with Gasteiger partial charge in [-0.05, 0) is 32.4 Å². The van der Waals surface area contributed by atoms with Crippen molar-refractivity contribution in [1.82, 2.24) is 10.2 Å². The minimum atomic E-state index is -0.0584. The number of rotatable bonds is 5. The van der Waals surface area contributed by atoms with Crippen molar-refractivity contribution in [2.45, 2.75) is 26.3 Å². The maximum Gasteiger partial charge on any atom is 0.244 e. The quantitative estimate of drug-likeness (QED) is 0.848. The summed E-state index contributed by atoms with van der Waals surface area (Å²) in [7, 11) is 0. The predicted molar refractivity (Wildman–Crippen MR) is 89.7 cm³/mol. The third kappa shape index (κ3) is 4.97. The minimum absolute atomic E-state index is 0.0538. The number of amides is 1. The SMILES string of the molecule is Cc1ccc(C=CC(=O)NCC(C)(C)N2CCOCC2)cc1. The van der Waals surface area contributed by atoms with Crippen LogP contribution in [0.3, 0.4) is 0 Å². The first-order valence-corrected chi connectivity index (χ1v) is 7.83. The number of aryl methyl sites for hydroxylation is 1. The van der Waals surface area contributed by atoms with Crippen LogP contribution in [-0.4, -0.2) is 49.2 Å². The van der Waals surface area contributed by atoms with Gasteiger partial charge < -0.3 is 10.1 Å². The van der Waals surface area contributed by atoms with Crippen LogP contribution in [0.5, 0.6) is 0 Å². The molecule has 1 aliphatic rings. The Morgan fingerprint density at radius 2 is 1.91 bits per heavy atom. The zero-order valence-corrected chi connectivity index (χ0v) is 13.8. The second-order valence-corrected chi connectivity index (χ2v) is 6.37. The van der Waals surface area contributed by atoms with Crippen LogP contribution in [0.2, 0.25) is 0 Å². The van der Waals surface area contributed by atoms with E-state index in [2.05, 4.69) is 24.1 Å². The van der Waals surface area contributed by atoms with Crippen molar-refractivity contribution >= 4 is 12.0 Å². The number of hydrogen-bond acceptors (Lipinski definition) is 3. The highest BCUT2D eigenvalue weighted by Gasteiger charge is 2.28. The van der Waals surface area contributed by atoms with Gasteiger partial charge in [-0.25, -0.2) is 0 Å². The molecule has 22 heavy (non-hydrogen) atoms. The Labute approximate surface area is 133 Å². The minimum Gasteiger partial charge on any atom is -0.379 e. The Hall–Kier alpha value is -1.65. The van der Waals surface area contributed by atoms with E-state index in [-0.39, 0.29) is 11.4 Å². The van der Waals surface area contributed by atoms with Crippen LogP contribution in [0, 0.1) is 6.92 Å². The summed E-state index contributed by atoms with van der Waals surface area (Å²) in [5, 5.41) is 2.99. The number of hydrogen-bond donors (Lipinski definition) is 1. The van der Waals surface area contributed by atoms with Crippen molar-refractivity contribution in [2.24, 2.45) is 0 Å². The average molecular weight is 302 g/mol. The molecule has 1 aliphatic heterocycles. The second kappa shape index (κ2) is 7.56. The Balaban J connectivity index is 1.82.